The molecule has 2 aromatic carbocycles. The van der Waals surface area contributed by atoms with E-state index in [1.165, 1.54) is 19.2 Å². The van der Waals surface area contributed by atoms with Crippen molar-refractivity contribution < 1.29 is 22.3 Å². The minimum Gasteiger partial charge on any atom is -0.497 e. The maximum absolute atomic E-state index is 14.1. The predicted molar refractivity (Wildman–Crippen MR) is 102 cm³/mol. The Hall–Kier alpha value is -2.52. The number of hydrogen-bond donors (Lipinski definition) is 2. The van der Waals surface area contributed by atoms with Crippen LogP contribution in [0, 0.1) is 5.82 Å². The summed E-state index contributed by atoms with van der Waals surface area (Å²) in [4.78, 5) is 1.72. The second-order valence-corrected chi connectivity index (χ2v) is 7.67. The summed E-state index contributed by atoms with van der Waals surface area (Å²) in [5.41, 5.74) is 1.20. The van der Waals surface area contributed by atoms with Crippen LogP contribution in [0.25, 0.3) is 0 Å². The Morgan fingerprint density at radius 1 is 1.26 bits per heavy atom. The predicted octanol–water partition coefficient (Wildman–Crippen LogP) is 2.05. The maximum Gasteiger partial charge on any atom is 0.264 e. The normalized spacial score (nSPS) is 13.7. The molecule has 0 unspecified atom stereocenters. The Morgan fingerprint density at radius 2 is 2.07 bits per heavy atom. The Morgan fingerprint density at radius 3 is 2.78 bits per heavy atom. The van der Waals surface area contributed by atoms with Crippen LogP contribution in [0.15, 0.2) is 41.3 Å². The van der Waals surface area contributed by atoms with Crippen molar-refractivity contribution in [2.75, 3.05) is 50.0 Å². The van der Waals surface area contributed by atoms with Gasteiger partial charge in [0.25, 0.3) is 10.0 Å². The van der Waals surface area contributed by atoms with Gasteiger partial charge < -0.3 is 19.7 Å². The van der Waals surface area contributed by atoms with Crippen LogP contribution in [0.4, 0.5) is 15.8 Å². The number of sulfonamides is 1. The molecule has 27 heavy (non-hydrogen) atoms. The summed E-state index contributed by atoms with van der Waals surface area (Å²) in [6.45, 7) is 2.91. The van der Waals surface area contributed by atoms with Crippen molar-refractivity contribution in [2.24, 2.45) is 0 Å². The summed E-state index contributed by atoms with van der Waals surface area (Å²) in [5, 5.41) is 3.10. The number of hydrogen-bond acceptors (Lipinski definition) is 6. The Labute approximate surface area is 158 Å². The average Bonchev–Trinajstić information content (AvgIpc) is 2.65. The monoisotopic (exact) mass is 395 g/mol. The molecule has 0 fully saturated rings. The van der Waals surface area contributed by atoms with E-state index >= 15 is 0 Å². The van der Waals surface area contributed by atoms with E-state index in [0.717, 1.165) is 31.4 Å². The number of nitrogens with one attached hydrogen (secondary N) is 2. The van der Waals surface area contributed by atoms with Crippen LogP contribution in [0.2, 0.25) is 0 Å². The van der Waals surface area contributed by atoms with Gasteiger partial charge in [-0.15, -0.1) is 0 Å². The molecule has 0 bridgehead atoms. The molecule has 3 rings (SSSR count). The third kappa shape index (κ3) is 4.25. The smallest absolute Gasteiger partial charge is 0.264 e. The minimum atomic E-state index is -4.08. The van der Waals surface area contributed by atoms with Gasteiger partial charge in [-0.3, -0.25) is 4.72 Å². The Kier molecular flexibility index (Phi) is 5.71. The topological polar surface area (TPSA) is 79.9 Å². The van der Waals surface area contributed by atoms with Gasteiger partial charge in [-0.1, -0.05) is 0 Å². The highest BCUT2D eigenvalue weighted by Crippen LogP contribution is 2.34. The number of benzene rings is 2. The van der Waals surface area contributed by atoms with Crippen LogP contribution in [0.3, 0.4) is 0 Å². The lowest BCUT2D eigenvalue weighted by Crippen LogP contribution is -2.37. The fourth-order valence-corrected chi connectivity index (χ4v) is 3.97. The number of anilines is 2. The van der Waals surface area contributed by atoms with Gasteiger partial charge in [0.05, 0.1) is 25.0 Å². The molecule has 0 radical (unpaired) electrons. The van der Waals surface area contributed by atoms with E-state index in [-0.39, 0.29) is 5.75 Å². The van der Waals surface area contributed by atoms with E-state index in [9.17, 15) is 12.8 Å². The number of rotatable bonds is 7. The first-order chi connectivity index (χ1) is 12.9. The molecule has 1 aliphatic heterocycles. The van der Waals surface area contributed by atoms with Gasteiger partial charge in [-0.2, -0.15) is 0 Å². The maximum atomic E-state index is 14.1. The van der Waals surface area contributed by atoms with Gasteiger partial charge in [-0.25, -0.2) is 12.8 Å². The lowest BCUT2D eigenvalue weighted by Gasteiger charge is -2.31. The van der Waals surface area contributed by atoms with E-state index in [4.69, 9.17) is 9.47 Å². The first kappa shape index (κ1) is 19.2. The molecule has 146 valence electrons. The molecule has 1 aliphatic rings. The van der Waals surface area contributed by atoms with Crippen molar-refractivity contribution >= 4 is 21.4 Å². The van der Waals surface area contributed by atoms with E-state index < -0.39 is 20.7 Å². The number of methoxy groups -OCH3 is 1. The number of ether oxygens (including phenoxy) is 2. The average molecular weight is 395 g/mol. The van der Waals surface area contributed by atoms with Crippen LogP contribution in [0.5, 0.6) is 11.5 Å². The second-order valence-electron chi connectivity index (χ2n) is 6.02. The molecule has 1 heterocycles. The number of likely N-dealkylation sites (N-methyl/N-ethyl adjacent to an activating group) is 1. The summed E-state index contributed by atoms with van der Waals surface area (Å²) < 4.78 is 52.2. The van der Waals surface area contributed by atoms with E-state index in [1.807, 2.05) is 7.05 Å². The second kappa shape index (κ2) is 8.01. The lowest BCUT2D eigenvalue weighted by atomic mass is 10.2. The SMILES string of the molecule is CNCCN1CCOc2cc(NS(=O)(=O)c3ccc(OC)cc3F)ccc21. The molecule has 0 saturated carbocycles. The van der Waals surface area contributed by atoms with E-state index in [1.54, 1.807) is 18.2 Å². The molecule has 0 aromatic heterocycles. The Balaban J connectivity index is 1.83. The van der Waals surface area contributed by atoms with Crippen molar-refractivity contribution in [3.05, 3.63) is 42.2 Å². The molecular formula is C18H22FN3O4S. The zero-order valence-corrected chi connectivity index (χ0v) is 16.0. The highest BCUT2D eigenvalue weighted by Gasteiger charge is 2.22. The van der Waals surface area contributed by atoms with Gasteiger partial charge >= 0.3 is 0 Å². The minimum absolute atomic E-state index is 0.246. The third-order valence-corrected chi connectivity index (χ3v) is 5.65. The highest BCUT2D eigenvalue weighted by atomic mass is 32.2. The lowest BCUT2D eigenvalue weighted by molar-refractivity contribution is 0.307. The Bertz CT molecular complexity index is 921. The van der Waals surface area contributed by atoms with Gasteiger partial charge in [0.15, 0.2) is 0 Å². The fourth-order valence-electron chi connectivity index (χ4n) is 2.86. The first-order valence-corrected chi connectivity index (χ1v) is 9.95. The molecule has 9 heteroatoms. The summed E-state index contributed by atoms with van der Waals surface area (Å²) in [6, 6.07) is 8.65. The summed E-state index contributed by atoms with van der Waals surface area (Å²) in [5.74, 6) is -0.0441. The van der Waals surface area contributed by atoms with Gasteiger partial charge in [-0.05, 0) is 31.3 Å². The zero-order valence-electron chi connectivity index (χ0n) is 15.2. The standard InChI is InChI=1S/C18H22FN3O4S/c1-20-7-8-22-9-10-26-17-11-13(3-5-16(17)22)21-27(23,24)18-6-4-14(25-2)12-15(18)19/h3-6,11-12,20-21H,7-10H2,1-2H3. The summed E-state index contributed by atoms with van der Waals surface area (Å²) >= 11 is 0. The number of nitrogens with zero attached hydrogens (tertiary/aromatic N) is 1. The molecular weight excluding hydrogens is 373 g/mol. The molecule has 0 saturated heterocycles. The van der Waals surface area contributed by atoms with Crippen molar-refractivity contribution in [1.82, 2.24) is 5.32 Å². The largest absolute Gasteiger partial charge is 0.497 e. The van der Waals surface area contributed by atoms with E-state index in [2.05, 4.69) is 14.9 Å². The van der Waals surface area contributed by atoms with Crippen LogP contribution in [-0.4, -0.2) is 48.8 Å². The van der Waals surface area contributed by atoms with Crippen molar-refractivity contribution in [3.8, 4) is 11.5 Å². The van der Waals surface area contributed by atoms with Crippen LogP contribution >= 0.6 is 0 Å². The van der Waals surface area contributed by atoms with Crippen LogP contribution in [-0.2, 0) is 10.0 Å². The van der Waals surface area contributed by atoms with Crippen LogP contribution < -0.4 is 24.4 Å². The molecule has 0 spiro atoms. The summed E-state index contributed by atoms with van der Waals surface area (Å²) in [7, 11) is -0.813. The molecule has 0 aliphatic carbocycles. The first-order valence-electron chi connectivity index (χ1n) is 8.47. The number of halogens is 1. The van der Waals surface area contributed by atoms with Crippen LogP contribution in [0.1, 0.15) is 0 Å². The molecule has 2 N–H and O–H groups in total. The van der Waals surface area contributed by atoms with Crippen molar-refractivity contribution in [1.29, 1.82) is 0 Å². The number of fused-ring (bicyclic) bond motifs is 1. The van der Waals surface area contributed by atoms with Gasteiger partial charge in [0.2, 0.25) is 0 Å². The highest BCUT2D eigenvalue weighted by molar-refractivity contribution is 7.92. The van der Waals surface area contributed by atoms with Crippen molar-refractivity contribution in [2.45, 2.75) is 4.90 Å². The van der Waals surface area contributed by atoms with Gasteiger partial charge in [0, 0.05) is 25.2 Å². The van der Waals surface area contributed by atoms with Gasteiger partial charge in [0.1, 0.15) is 28.8 Å². The molecule has 7 nitrogen and oxygen atoms in total. The third-order valence-electron chi connectivity index (χ3n) is 4.23. The zero-order chi connectivity index (χ0) is 19.4. The van der Waals surface area contributed by atoms with E-state index in [0.29, 0.717) is 18.0 Å². The summed E-state index contributed by atoms with van der Waals surface area (Å²) in [6.07, 6.45) is 0. The molecule has 0 atom stereocenters. The fraction of sp³-hybridized carbons (Fsp3) is 0.333. The quantitative estimate of drug-likeness (QED) is 0.747. The molecule has 0 amide bonds. The van der Waals surface area contributed by atoms with Crippen molar-refractivity contribution in [3.63, 3.8) is 0 Å². The molecule has 2 aromatic rings.